The van der Waals surface area contributed by atoms with E-state index in [4.69, 9.17) is 0 Å². The van der Waals surface area contributed by atoms with Crippen LogP contribution in [0.5, 0.6) is 0 Å². The molecule has 18 heavy (non-hydrogen) atoms. The Kier molecular flexibility index (Phi) is 3.02. The van der Waals surface area contributed by atoms with Gasteiger partial charge in [0, 0.05) is 0 Å². The van der Waals surface area contributed by atoms with Crippen molar-refractivity contribution in [2.45, 2.75) is 26.2 Å². The Hall–Kier alpha value is -1.82. The van der Waals surface area contributed by atoms with Gasteiger partial charge < -0.3 is 0 Å². The van der Waals surface area contributed by atoms with Gasteiger partial charge in [-0.3, -0.25) is 0 Å². The van der Waals surface area contributed by atoms with Crippen LogP contribution >= 0.6 is 0 Å². The summed E-state index contributed by atoms with van der Waals surface area (Å²) < 4.78 is 0. The summed E-state index contributed by atoms with van der Waals surface area (Å²) in [5, 5.41) is 0. The molecule has 0 heteroatoms. The highest BCUT2D eigenvalue weighted by Gasteiger charge is 2.12. The van der Waals surface area contributed by atoms with E-state index in [-0.39, 0.29) is 0 Å². The standard InChI is InChI=1S/C18H18/c1-14-8-2-5-11-16(14)18-13-7-6-12-17(18)15-9-3-4-10-15/h2,5-9,11-13H,3-4,10H2,1H3. The molecule has 0 atom stereocenters. The van der Waals surface area contributed by atoms with Crippen LogP contribution in [0.25, 0.3) is 16.7 Å². The molecule has 0 spiro atoms. The third-order valence-corrected chi connectivity index (χ3v) is 3.75. The summed E-state index contributed by atoms with van der Waals surface area (Å²) in [6, 6.07) is 17.4. The van der Waals surface area contributed by atoms with Gasteiger partial charge in [0.2, 0.25) is 0 Å². The lowest BCUT2D eigenvalue weighted by atomic mass is 9.92. The fourth-order valence-corrected chi connectivity index (χ4v) is 2.79. The molecule has 0 saturated heterocycles. The first-order chi connectivity index (χ1) is 8.86. The molecule has 3 rings (SSSR count). The molecular weight excluding hydrogens is 216 g/mol. The summed E-state index contributed by atoms with van der Waals surface area (Å²) in [7, 11) is 0. The quantitative estimate of drug-likeness (QED) is 0.667. The maximum absolute atomic E-state index is 2.40. The summed E-state index contributed by atoms with van der Waals surface area (Å²) in [6.07, 6.45) is 6.16. The third-order valence-electron chi connectivity index (χ3n) is 3.75. The van der Waals surface area contributed by atoms with Crippen molar-refractivity contribution in [2.24, 2.45) is 0 Å². The molecule has 0 aromatic heterocycles. The molecule has 0 radical (unpaired) electrons. The molecule has 0 bridgehead atoms. The van der Waals surface area contributed by atoms with Crippen molar-refractivity contribution in [1.82, 2.24) is 0 Å². The number of hydrogen-bond acceptors (Lipinski definition) is 0. The van der Waals surface area contributed by atoms with Crippen molar-refractivity contribution in [3.8, 4) is 11.1 Å². The topological polar surface area (TPSA) is 0 Å². The van der Waals surface area contributed by atoms with E-state index < -0.39 is 0 Å². The first-order valence-electron chi connectivity index (χ1n) is 6.71. The van der Waals surface area contributed by atoms with Gasteiger partial charge in [-0.15, -0.1) is 0 Å². The number of allylic oxidation sites excluding steroid dienone is 2. The van der Waals surface area contributed by atoms with Crippen LogP contribution in [0.3, 0.4) is 0 Å². The van der Waals surface area contributed by atoms with Crippen molar-refractivity contribution < 1.29 is 0 Å². The average molecular weight is 234 g/mol. The number of hydrogen-bond donors (Lipinski definition) is 0. The Bertz CT molecular complexity index is 590. The van der Waals surface area contributed by atoms with E-state index in [1.54, 1.807) is 0 Å². The van der Waals surface area contributed by atoms with Crippen LogP contribution in [0.4, 0.5) is 0 Å². The van der Waals surface area contributed by atoms with Gasteiger partial charge in [-0.1, -0.05) is 54.6 Å². The van der Waals surface area contributed by atoms with Crippen LogP contribution in [0.2, 0.25) is 0 Å². The van der Waals surface area contributed by atoms with Crippen molar-refractivity contribution in [1.29, 1.82) is 0 Å². The predicted molar refractivity (Wildman–Crippen MR) is 78.4 cm³/mol. The molecule has 90 valence electrons. The molecule has 0 saturated carbocycles. The average Bonchev–Trinajstić information content (AvgIpc) is 2.93. The molecule has 2 aromatic rings. The maximum Gasteiger partial charge on any atom is -0.0106 e. The van der Waals surface area contributed by atoms with Gasteiger partial charge in [-0.2, -0.15) is 0 Å². The second-order valence-corrected chi connectivity index (χ2v) is 4.98. The Morgan fingerprint density at radius 3 is 2.11 bits per heavy atom. The van der Waals surface area contributed by atoms with Gasteiger partial charge in [0.15, 0.2) is 0 Å². The highest BCUT2D eigenvalue weighted by atomic mass is 14.2. The van der Waals surface area contributed by atoms with Crippen LogP contribution in [0.1, 0.15) is 30.4 Å². The minimum atomic E-state index is 1.23. The summed E-state index contributed by atoms with van der Waals surface area (Å²) in [5.41, 5.74) is 7.03. The second-order valence-electron chi connectivity index (χ2n) is 4.98. The van der Waals surface area contributed by atoms with Gasteiger partial charge in [0.1, 0.15) is 0 Å². The molecule has 0 unspecified atom stereocenters. The lowest BCUT2D eigenvalue weighted by molar-refractivity contribution is 0.935. The van der Waals surface area contributed by atoms with Gasteiger partial charge in [0.25, 0.3) is 0 Å². The highest BCUT2D eigenvalue weighted by Crippen LogP contribution is 2.35. The van der Waals surface area contributed by atoms with Crippen LogP contribution in [-0.4, -0.2) is 0 Å². The number of benzene rings is 2. The van der Waals surface area contributed by atoms with Gasteiger partial charge in [-0.25, -0.2) is 0 Å². The number of rotatable bonds is 2. The zero-order chi connectivity index (χ0) is 12.4. The Morgan fingerprint density at radius 1 is 0.778 bits per heavy atom. The van der Waals surface area contributed by atoms with E-state index in [0.717, 1.165) is 0 Å². The fraction of sp³-hybridized carbons (Fsp3) is 0.222. The van der Waals surface area contributed by atoms with Crippen LogP contribution in [-0.2, 0) is 0 Å². The molecule has 0 N–H and O–H groups in total. The van der Waals surface area contributed by atoms with Crippen molar-refractivity contribution in [3.05, 3.63) is 65.7 Å². The molecule has 0 aliphatic heterocycles. The smallest absolute Gasteiger partial charge is 0.0106 e. The SMILES string of the molecule is Cc1ccccc1-c1ccccc1C1=CCCC1. The molecular formula is C18H18. The normalized spacial score (nSPS) is 14.6. The van der Waals surface area contributed by atoms with Crippen molar-refractivity contribution in [3.63, 3.8) is 0 Å². The monoisotopic (exact) mass is 234 g/mol. The second kappa shape index (κ2) is 4.81. The lowest BCUT2D eigenvalue weighted by Gasteiger charge is -2.12. The van der Waals surface area contributed by atoms with Crippen molar-refractivity contribution >= 4 is 5.57 Å². The van der Waals surface area contributed by atoms with E-state index in [2.05, 4.69) is 61.5 Å². The minimum Gasteiger partial charge on any atom is -0.0807 e. The fourth-order valence-electron chi connectivity index (χ4n) is 2.79. The zero-order valence-corrected chi connectivity index (χ0v) is 10.8. The molecule has 1 aliphatic carbocycles. The van der Waals surface area contributed by atoms with Gasteiger partial charge >= 0.3 is 0 Å². The largest absolute Gasteiger partial charge is 0.0807 e. The first-order valence-corrected chi connectivity index (χ1v) is 6.71. The van der Waals surface area contributed by atoms with E-state index in [1.807, 2.05) is 0 Å². The van der Waals surface area contributed by atoms with Gasteiger partial charge in [0.05, 0.1) is 0 Å². The van der Waals surface area contributed by atoms with E-state index in [1.165, 1.54) is 47.1 Å². The predicted octanol–water partition coefficient (Wildman–Crippen LogP) is 5.23. The molecule has 0 heterocycles. The van der Waals surface area contributed by atoms with E-state index in [9.17, 15) is 0 Å². The van der Waals surface area contributed by atoms with Crippen LogP contribution in [0.15, 0.2) is 54.6 Å². The van der Waals surface area contributed by atoms with Gasteiger partial charge in [-0.05, 0) is 54.0 Å². The van der Waals surface area contributed by atoms with E-state index in [0.29, 0.717) is 0 Å². The van der Waals surface area contributed by atoms with Crippen LogP contribution < -0.4 is 0 Å². The van der Waals surface area contributed by atoms with Crippen molar-refractivity contribution in [2.75, 3.05) is 0 Å². The Labute approximate surface area is 109 Å². The summed E-state index contributed by atoms with van der Waals surface area (Å²) >= 11 is 0. The molecule has 0 amide bonds. The van der Waals surface area contributed by atoms with E-state index >= 15 is 0 Å². The number of aryl methyl sites for hydroxylation is 1. The zero-order valence-electron chi connectivity index (χ0n) is 10.8. The molecule has 1 aliphatic rings. The molecule has 2 aromatic carbocycles. The highest BCUT2D eigenvalue weighted by molar-refractivity contribution is 5.83. The minimum absolute atomic E-state index is 1.23. The third kappa shape index (κ3) is 1.99. The van der Waals surface area contributed by atoms with Crippen LogP contribution in [0, 0.1) is 6.92 Å². The summed E-state index contributed by atoms with van der Waals surface area (Å²) in [5.74, 6) is 0. The Morgan fingerprint density at radius 2 is 1.44 bits per heavy atom. The molecule has 0 nitrogen and oxygen atoms in total. The summed E-state index contributed by atoms with van der Waals surface area (Å²) in [6.45, 7) is 2.19. The molecule has 0 fully saturated rings. The Balaban J connectivity index is 2.15. The maximum atomic E-state index is 2.40. The summed E-state index contributed by atoms with van der Waals surface area (Å²) in [4.78, 5) is 0. The first kappa shape index (κ1) is 11.3. The lowest BCUT2D eigenvalue weighted by Crippen LogP contribution is -1.89.